The summed E-state index contributed by atoms with van der Waals surface area (Å²) in [6, 6.07) is 26.5. The van der Waals surface area contributed by atoms with Gasteiger partial charge in [-0.3, -0.25) is 4.99 Å². The predicted octanol–water partition coefficient (Wildman–Crippen LogP) is 5.39. The van der Waals surface area contributed by atoms with E-state index in [-0.39, 0.29) is 0 Å². The van der Waals surface area contributed by atoms with E-state index in [1.807, 2.05) is 67.0 Å². The molecule has 0 radical (unpaired) electrons. The first-order valence-corrected chi connectivity index (χ1v) is 8.19. The molecule has 25 heavy (non-hydrogen) atoms. The molecule has 0 atom stereocenters. The summed E-state index contributed by atoms with van der Waals surface area (Å²) in [7, 11) is 1.67. The lowest BCUT2D eigenvalue weighted by atomic mass is 10.1. The minimum Gasteiger partial charge on any atom is -0.497 e. The van der Waals surface area contributed by atoms with E-state index in [2.05, 4.69) is 28.8 Å². The van der Waals surface area contributed by atoms with Gasteiger partial charge in [0.15, 0.2) is 0 Å². The Morgan fingerprint density at radius 3 is 2.48 bits per heavy atom. The Morgan fingerprint density at radius 1 is 0.840 bits per heavy atom. The van der Waals surface area contributed by atoms with Crippen LogP contribution in [-0.4, -0.2) is 17.9 Å². The Balaban J connectivity index is 1.69. The van der Waals surface area contributed by atoms with E-state index in [1.165, 1.54) is 5.39 Å². The molecule has 0 fully saturated rings. The zero-order valence-corrected chi connectivity index (χ0v) is 14.0. The van der Waals surface area contributed by atoms with Crippen molar-refractivity contribution < 1.29 is 4.74 Å². The third kappa shape index (κ3) is 3.04. The first kappa shape index (κ1) is 15.2. The molecule has 0 unspecified atom stereocenters. The highest BCUT2D eigenvalue weighted by Gasteiger charge is 2.03. The number of hydrogen-bond acceptors (Lipinski definition) is 2. The van der Waals surface area contributed by atoms with Gasteiger partial charge in [-0.15, -0.1) is 0 Å². The fourth-order valence-corrected chi connectivity index (χ4v) is 2.93. The van der Waals surface area contributed by atoms with E-state index in [4.69, 9.17) is 9.73 Å². The molecule has 0 saturated carbocycles. The van der Waals surface area contributed by atoms with Crippen molar-refractivity contribution in [3.63, 3.8) is 0 Å². The molecule has 0 N–H and O–H groups in total. The molecule has 4 rings (SSSR count). The molecule has 0 saturated heterocycles. The van der Waals surface area contributed by atoms with Crippen molar-refractivity contribution in [2.24, 2.45) is 4.99 Å². The number of hydrogen-bond donors (Lipinski definition) is 0. The molecule has 4 aromatic rings. The Hall–Kier alpha value is -3.33. The Labute approximate surface area is 146 Å². The monoisotopic (exact) mass is 326 g/mol. The maximum Gasteiger partial charge on any atom is 0.119 e. The van der Waals surface area contributed by atoms with Crippen molar-refractivity contribution >= 4 is 22.7 Å². The Morgan fingerprint density at radius 2 is 1.64 bits per heavy atom. The fourth-order valence-electron chi connectivity index (χ4n) is 2.93. The van der Waals surface area contributed by atoms with Crippen LogP contribution in [0.2, 0.25) is 0 Å². The summed E-state index contributed by atoms with van der Waals surface area (Å²) in [4.78, 5) is 4.73. The molecular weight excluding hydrogens is 308 g/mol. The number of rotatable bonds is 4. The van der Waals surface area contributed by atoms with E-state index < -0.39 is 0 Å². The van der Waals surface area contributed by atoms with Crippen LogP contribution >= 0.6 is 0 Å². The molecule has 0 amide bonds. The van der Waals surface area contributed by atoms with E-state index >= 15 is 0 Å². The predicted molar refractivity (Wildman–Crippen MR) is 104 cm³/mol. The van der Waals surface area contributed by atoms with Gasteiger partial charge in [-0.2, -0.15) is 0 Å². The van der Waals surface area contributed by atoms with Gasteiger partial charge in [0, 0.05) is 17.3 Å². The van der Waals surface area contributed by atoms with Crippen LogP contribution in [0, 0.1) is 0 Å². The second kappa shape index (κ2) is 6.65. The minimum atomic E-state index is 0.849. The number of ether oxygens (including phenoxy) is 1. The molecule has 3 nitrogen and oxygen atoms in total. The lowest BCUT2D eigenvalue weighted by Crippen LogP contribution is -1.97. The molecule has 3 heteroatoms. The van der Waals surface area contributed by atoms with Gasteiger partial charge in [0.25, 0.3) is 0 Å². The third-order valence-electron chi connectivity index (χ3n) is 4.23. The van der Waals surface area contributed by atoms with Crippen molar-refractivity contribution in [1.29, 1.82) is 0 Å². The Kier molecular flexibility index (Phi) is 4.05. The van der Waals surface area contributed by atoms with Crippen LogP contribution in [0.3, 0.4) is 0 Å². The molecule has 0 bridgehead atoms. The van der Waals surface area contributed by atoms with Crippen molar-refractivity contribution in [1.82, 2.24) is 4.57 Å². The molecule has 0 spiro atoms. The molecule has 0 aliphatic rings. The van der Waals surface area contributed by atoms with Crippen molar-refractivity contribution in [2.75, 3.05) is 7.11 Å². The van der Waals surface area contributed by atoms with E-state index in [1.54, 1.807) is 7.11 Å². The summed E-state index contributed by atoms with van der Waals surface area (Å²) < 4.78 is 7.33. The standard InChI is InChI=1S/C22H18N2O/c1-25-20-13-11-18(12-14-20)24-15-5-8-19(24)16-23-22-10-4-7-17-6-2-3-9-21(17)22/h2-16H,1H3. The van der Waals surface area contributed by atoms with Crippen LogP contribution in [0.15, 0.2) is 90.1 Å². The molecule has 3 aromatic carbocycles. The van der Waals surface area contributed by atoms with E-state index in [9.17, 15) is 0 Å². The number of aromatic nitrogens is 1. The summed E-state index contributed by atoms with van der Waals surface area (Å²) in [6.45, 7) is 0. The Bertz CT molecular complexity index is 1020. The highest BCUT2D eigenvalue weighted by molar-refractivity contribution is 5.95. The van der Waals surface area contributed by atoms with Crippen LogP contribution in [0.5, 0.6) is 5.75 Å². The van der Waals surface area contributed by atoms with Gasteiger partial charge < -0.3 is 9.30 Å². The fraction of sp³-hybridized carbons (Fsp3) is 0.0455. The van der Waals surface area contributed by atoms with Crippen molar-refractivity contribution in [2.45, 2.75) is 0 Å². The van der Waals surface area contributed by atoms with Gasteiger partial charge in [-0.1, -0.05) is 36.4 Å². The van der Waals surface area contributed by atoms with E-state index in [0.717, 1.165) is 28.2 Å². The second-order valence-corrected chi connectivity index (χ2v) is 5.76. The summed E-state index contributed by atoms with van der Waals surface area (Å²) in [6.07, 6.45) is 3.94. The maximum absolute atomic E-state index is 5.23. The number of nitrogens with zero attached hydrogens (tertiary/aromatic N) is 2. The highest BCUT2D eigenvalue weighted by atomic mass is 16.5. The van der Waals surface area contributed by atoms with Gasteiger partial charge in [0.2, 0.25) is 0 Å². The topological polar surface area (TPSA) is 26.5 Å². The van der Waals surface area contributed by atoms with Crippen LogP contribution in [0.1, 0.15) is 5.69 Å². The third-order valence-corrected chi connectivity index (χ3v) is 4.23. The molecule has 0 aliphatic carbocycles. The first-order valence-electron chi connectivity index (χ1n) is 8.19. The number of fused-ring (bicyclic) bond motifs is 1. The highest BCUT2D eigenvalue weighted by Crippen LogP contribution is 2.25. The average molecular weight is 326 g/mol. The molecule has 1 aromatic heterocycles. The number of methoxy groups -OCH3 is 1. The summed E-state index contributed by atoms with van der Waals surface area (Å²) >= 11 is 0. The largest absolute Gasteiger partial charge is 0.497 e. The number of benzene rings is 3. The molecule has 1 heterocycles. The van der Waals surface area contributed by atoms with Crippen LogP contribution in [0.4, 0.5) is 5.69 Å². The van der Waals surface area contributed by atoms with Gasteiger partial charge in [0.1, 0.15) is 5.75 Å². The lowest BCUT2D eigenvalue weighted by molar-refractivity contribution is 0.415. The molecular formula is C22H18N2O. The molecule has 122 valence electrons. The average Bonchev–Trinajstić information content (AvgIpc) is 3.15. The smallest absolute Gasteiger partial charge is 0.119 e. The zero-order chi connectivity index (χ0) is 17.1. The summed E-state index contributed by atoms with van der Waals surface area (Å²) in [5, 5.41) is 2.35. The van der Waals surface area contributed by atoms with Gasteiger partial charge in [0.05, 0.1) is 24.7 Å². The maximum atomic E-state index is 5.23. The second-order valence-electron chi connectivity index (χ2n) is 5.76. The quantitative estimate of drug-likeness (QED) is 0.462. The first-order chi connectivity index (χ1) is 12.3. The van der Waals surface area contributed by atoms with Crippen LogP contribution in [-0.2, 0) is 0 Å². The SMILES string of the molecule is COc1ccc(-n2cccc2C=Nc2cccc3ccccc23)cc1. The van der Waals surface area contributed by atoms with Gasteiger partial charge >= 0.3 is 0 Å². The van der Waals surface area contributed by atoms with Gasteiger partial charge in [-0.25, -0.2) is 0 Å². The normalized spacial score (nSPS) is 11.2. The van der Waals surface area contributed by atoms with Crippen molar-refractivity contribution in [3.8, 4) is 11.4 Å². The van der Waals surface area contributed by atoms with Gasteiger partial charge in [-0.05, 0) is 47.9 Å². The minimum absolute atomic E-state index is 0.849. The number of aliphatic imine (C=N–C) groups is 1. The van der Waals surface area contributed by atoms with Crippen LogP contribution in [0.25, 0.3) is 16.5 Å². The molecule has 0 aliphatic heterocycles. The van der Waals surface area contributed by atoms with E-state index in [0.29, 0.717) is 0 Å². The van der Waals surface area contributed by atoms with Crippen LogP contribution < -0.4 is 4.74 Å². The summed E-state index contributed by atoms with van der Waals surface area (Å²) in [5.41, 5.74) is 3.07. The zero-order valence-electron chi connectivity index (χ0n) is 14.0. The summed E-state index contributed by atoms with van der Waals surface area (Å²) in [5.74, 6) is 0.849. The van der Waals surface area contributed by atoms with Crippen molar-refractivity contribution in [3.05, 3.63) is 90.8 Å². The lowest BCUT2D eigenvalue weighted by Gasteiger charge is -2.07.